The zero-order valence-electron chi connectivity index (χ0n) is 18.5. The number of alkyl halides is 1. The van der Waals surface area contributed by atoms with Crippen molar-refractivity contribution in [1.82, 2.24) is 19.7 Å². The van der Waals surface area contributed by atoms with Crippen LogP contribution in [0.15, 0.2) is 85.3 Å². The molecule has 0 aliphatic carbocycles. The van der Waals surface area contributed by atoms with Gasteiger partial charge in [-0.05, 0) is 54.1 Å². The van der Waals surface area contributed by atoms with Crippen LogP contribution in [0.1, 0.15) is 5.56 Å². The largest absolute Gasteiger partial charge is 0.340 e. The number of benzene rings is 3. The molecule has 35 heavy (non-hydrogen) atoms. The van der Waals surface area contributed by atoms with E-state index in [1.165, 1.54) is 24.5 Å². The van der Waals surface area contributed by atoms with Crippen LogP contribution in [0.5, 0.6) is 0 Å². The minimum Gasteiger partial charge on any atom is -0.340 e. The Morgan fingerprint density at radius 1 is 1.06 bits per heavy atom. The molecule has 2 aromatic heterocycles. The number of hydrogen-bond acceptors (Lipinski definition) is 5. The second-order valence-electron chi connectivity index (χ2n) is 7.83. The molecule has 5 rings (SSSR count). The topological polar surface area (TPSA) is 84.7 Å². The Morgan fingerprint density at radius 2 is 1.94 bits per heavy atom. The minimum absolute atomic E-state index is 0.212. The highest BCUT2D eigenvalue weighted by Crippen LogP contribution is 2.28. The van der Waals surface area contributed by atoms with Crippen LogP contribution < -0.4 is 10.6 Å². The maximum atomic E-state index is 13.5. The first kappa shape index (κ1) is 22.7. The molecule has 5 aromatic rings. The first-order valence-corrected chi connectivity index (χ1v) is 12.0. The van der Waals surface area contributed by atoms with Gasteiger partial charge in [0, 0.05) is 33.6 Å². The maximum absolute atomic E-state index is 13.5. The van der Waals surface area contributed by atoms with Crippen LogP contribution in [-0.2, 0) is 11.3 Å². The van der Waals surface area contributed by atoms with E-state index in [0.29, 0.717) is 23.4 Å². The highest BCUT2D eigenvalue weighted by atomic mass is 79.9. The van der Waals surface area contributed by atoms with Crippen LogP contribution in [0.3, 0.4) is 0 Å². The number of carbonyl (C=O) groups excluding carboxylic acids is 1. The third kappa shape index (κ3) is 5.20. The fraction of sp³-hybridized carbons (Fsp3) is 0.0769. The molecule has 0 spiro atoms. The summed E-state index contributed by atoms with van der Waals surface area (Å²) in [6.45, 7) is 0.476. The average molecular weight is 531 g/mol. The third-order valence-electron chi connectivity index (χ3n) is 5.39. The van der Waals surface area contributed by atoms with Crippen molar-refractivity contribution in [3.05, 3.63) is 96.7 Å². The van der Waals surface area contributed by atoms with E-state index in [4.69, 9.17) is 0 Å². The number of nitrogens with one attached hydrogen (secondary N) is 2. The molecule has 0 radical (unpaired) electrons. The lowest BCUT2D eigenvalue weighted by atomic mass is 10.2. The molecule has 0 unspecified atom stereocenters. The van der Waals surface area contributed by atoms with Crippen LogP contribution in [-0.4, -0.2) is 31.0 Å². The van der Waals surface area contributed by atoms with E-state index in [9.17, 15) is 9.18 Å². The fourth-order valence-corrected chi connectivity index (χ4v) is 3.99. The van der Waals surface area contributed by atoms with Crippen molar-refractivity contribution >= 4 is 60.8 Å². The lowest BCUT2D eigenvalue weighted by Crippen LogP contribution is -2.08. The van der Waals surface area contributed by atoms with Crippen molar-refractivity contribution in [2.45, 2.75) is 6.54 Å². The van der Waals surface area contributed by atoms with Crippen LogP contribution in [0, 0.1) is 5.82 Å². The summed E-state index contributed by atoms with van der Waals surface area (Å²) in [6, 6.07) is 17.9. The second kappa shape index (κ2) is 10.0. The van der Waals surface area contributed by atoms with Gasteiger partial charge in [-0.1, -0.05) is 34.1 Å². The van der Waals surface area contributed by atoms with Crippen LogP contribution in [0.4, 0.5) is 21.6 Å². The Hall–Kier alpha value is -4.11. The van der Waals surface area contributed by atoms with Gasteiger partial charge in [0.1, 0.15) is 18.0 Å². The first-order valence-electron chi connectivity index (χ1n) is 10.8. The Morgan fingerprint density at radius 3 is 2.80 bits per heavy atom. The Balaban J connectivity index is 1.40. The summed E-state index contributed by atoms with van der Waals surface area (Å²) in [5.41, 5.74) is 4.01. The quantitative estimate of drug-likeness (QED) is 0.205. The summed E-state index contributed by atoms with van der Waals surface area (Å²) in [5.74, 6) is 0.144. The van der Waals surface area contributed by atoms with Crippen LogP contribution in [0.25, 0.3) is 21.8 Å². The Labute approximate surface area is 208 Å². The lowest BCUT2D eigenvalue weighted by Gasteiger charge is -2.10. The van der Waals surface area contributed by atoms with Crippen molar-refractivity contribution in [2.75, 3.05) is 16.0 Å². The molecule has 174 valence electrons. The number of fused-ring (bicyclic) bond motifs is 2. The molecule has 2 N–H and O–H groups in total. The minimum atomic E-state index is -0.263. The maximum Gasteiger partial charge on any atom is 0.248 e. The van der Waals surface area contributed by atoms with E-state index in [0.717, 1.165) is 33.1 Å². The summed E-state index contributed by atoms with van der Waals surface area (Å²) in [5, 5.41) is 13.0. The molecular formula is C26H20BrFN6O. The van der Waals surface area contributed by atoms with E-state index in [-0.39, 0.29) is 11.7 Å². The van der Waals surface area contributed by atoms with E-state index >= 15 is 0 Å². The van der Waals surface area contributed by atoms with Gasteiger partial charge in [0.2, 0.25) is 5.91 Å². The zero-order chi connectivity index (χ0) is 24.2. The smallest absolute Gasteiger partial charge is 0.248 e. The summed E-state index contributed by atoms with van der Waals surface area (Å²) in [6.07, 6.45) is 6.48. The number of allylic oxidation sites excluding steroid dienone is 1. The number of rotatable bonds is 7. The van der Waals surface area contributed by atoms with Gasteiger partial charge < -0.3 is 10.6 Å². The predicted octanol–water partition coefficient (Wildman–Crippen LogP) is 5.80. The van der Waals surface area contributed by atoms with E-state index < -0.39 is 0 Å². The first-order chi connectivity index (χ1) is 17.1. The monoisotopic (exact) mass is 530 g/mol. The molecule has 0 aliphatic heterocycles. The van der Waals surface area contributed by atoms with Crippen molar-refractivity contribution in [3.8, 4) is 0 Å². The van der Waals surface area contributed by atoms with Crippen molar-refractivity contribution in [1.29, 1.82) is 0 Å². The zero-order valence-corrected chi connectivity index (χ0v) is 20.0. The third-order valence-corrected chi connectivity index (χ3v) is 5.76. The molecule has 0 saturated carbocycles. The van der Waals surface area contributed by atoms with E-state index in [1.54, 1.807) is 24.4 Å². The van der Waals surface area contributed by atoms with Gasteiger partial charge in [-0.25, -0.2) is 14.4 Å². The molecule has 0 saturated heterocycles. The van der Waals surface area contributed by atoms with Crippen LogP contribution in [0.2, 0.25) is 0 Å². The van der Waals surface area contributed by atoms with Crippen molar-refractivity contribution in [3.63, 3.8) is 0 Å². The molecule has 0 atom stereocenters. The lowest BCUT2D eigenvalue weighted by molar-refractivity contribution is -0.111. The van der Waals surface area contributed by atoms with E-state index in [1.807, 2.05) is 41.1 Å². The molecular weight excluding hydrogens is 511 g/mol. The number of carbonyl (C=O) groups is 1. The van der Waals surface area contributed by atoms with Crippen molar-refractivity contribution < 1.29 is 9.18 Å². The molecule has 7 nitrogen and oxygen atoms in total. The number of nitrogens with zero attached hydrogens (tertiary/aromatic N) is 4. The number of halogens is 2. The van der Waals surface area contributed by atoms with Gasteiger partial charge in [-0.2, -0.15) is 5.10 Å². The highest BCUT2D eigenvalue weighted by molar-refractivity contribution is 9.09. The fourth-order valence-electron chi connectivity index (χ4n) is 3.81. The van der Waals surface area contributed by atoms with Gasteiger partial charge in [-0.3, -0.25) is 9.48 Å². The SMILES string of the molecule is O=C(C=CCBr)Nc1ccc2ncnc(Nc3ccc4c(cnn4Cc4cccc(F)c4)c3)c2c1. The average Bonchev–Trinajstić information content (AvgIpc) is 3.25. The number of anilines is 3. The number of hydrogen-bond donors (Lipinski definition) is 2. The number of amides is 1. The van der Waals surface area contributed by atoms with E-state index in [2.05, 4.69) is 41.6 Å². The highest BCUT2D eigenvalue weighted by Gasteiger charge is 2.09. The summed E-state index contributed by atoms with van der Waals surface area (Å²) in [4.78, 5) is 20.8. The molecule has 0 fully saturated rings. The Bertz CT molecular complexity index is 1560. The van der Waals surface area contributed by atoms with Gasteiger partial charge in [0.15, 0.2) is 0 Å². The van der Waals surface area contributed by atoms with Crippen LogP contribution >= 0.6 is 15.9 Å². The molecule has 3 aromatic carbocycles. The van der Waals surface area contributed by atoms with Crippen molar-refractivity contribution in [2.24, 2.45) is 0 Å². The standard InChI is InChI=1S/C26H20BrFN6O/c27-10-2-5-25(35)32-21-6-8-23-22(13-21)26(30-16-29-23)33-20-7-9-24-18(12-20)14-31-34(24)15-17-3-1-4-19(28)11-17/h1-9,11-14,16H,10,15H2,(H,32,35)(H,29,30,33). The normalized spacial score (nSPS) is 11.4. The van der Waals surface area contributed by atoms with Gasteiger partial charge in [-0.15, -0.1) is 0 Å². The van der Waals surface area contributed by atoms with Gasteiger partial charge >= 0.3 is 0 Å². The molecule has 0 bridgehead atoms. The predicted molar refractivity (Wildman–Crippen MR) is 140 cm³/mol. The Kier molecular flexibility index (Phi) is 6.49. The molecule has 0 aliphatic rings. The summed E-state index contributed by atoms with van der Waals surface area (Å²) in [7, 11) is 0. The van der Waals surface area contributed by atoms with Gasteiger partial charge in [0.25, 0.3) is 0 Å². The second-order valence-corrected chi connectivity index (χ2v) is 8.48. The summed E-state index contributed by atoms with van der Waals surface area (Å²) >= 11 is 3.26. The molecule has 2 heterocycles. The molecule has 1 amide bonds. The molecule has 9 heteroatoms. The summed E-state index contributed by atoms with van der Waals surface area (Å²) < 4.78 is 15.4. The van der Waals surface area contributed by atoms with Gasteiger partial charge in [0.05, 0.1) is 23.8 Å². The number of aromatic nitrogens is 4.